The van der Waals surface area contributed by atoms with Gasteiger partial charge in [-0.05, 0) is 19.8 Å². The van der Waals surface area contributed by atoms with Crippen LogP contribution in [0.25, 0.3) is 0 Å². The maximum Gasteiger partial charge on any atom is 0.237 e. The van der Waals surface area contributed by atoms with Crippen molar-refractivity contribution in [2.45, 2.75) is 32.7 Å². The summed E-state index contributed by atoms with van der Waals surface area (Å²) in [5, 5.41) is 19.8. The molecular weight excluding hydrogens is 168 g/mol. The number of amides is 1. The highest BCUT2D eigenvalue weighted by atomic mass is 16.3. The number of hydrogen-bond acceptors (Lipinski definition) is 3. The fraction of sp³-hybridized carbons (Fsp3) is 0.778. The molecule has 0 fully saturated rings. The fourth-order valence-corrected chi connectivity index (χ4v) is 0.919. The van der Waals surface area contributed by atoms with Crippen molar-refractivity contribution in [1.29, 1.82) is 5.26 Å². The van der Waals surface area contributed by atoms with E-state index in [1.165, 1.54) is 0 Å². The van der Waals surface area contributed by atoms with Gasteiger partial charge in [-0.1, -0.05) is 6.92 Å². The highest BCUT2D eigenvalue weighted by Crippen LogP contribution is 1.99. The molecule has 13 heavy (non-hydrogen) atoms. The predicted molar refractivity (Wildman–Crippen MR) is 48.7 cm³/mol. The summed E-state index contributed by atoms with van der Waals surface area (Å²) in [5.74, 6) is -0.879. The zero-order valence-corrected chi connectivity index (χ0v) is 8.08. The molecule has 0 saturated carbocycles. The van der Waals surface area contributed by atoms with Crippen molar-refractivity contribution in [3.05, 3.63) is 0 Å². The number of nitriles is 1. The molecular formula is C9H16N2O2. The Labute approximate surface area is 78.6 Å². The summed E-state index contributed by atoms with van der Waals surface area (Å²) >= 11 is 0. The van der Waals surface area contributed by atoms with E-state index in [-0.39, 0.29) is 18.6 Å². The van der Waals surface area contributed by atoms with E-state index in [2.05, 4.69) is 5.32 Å². The topological polar surface area (TPSA) is 73.1 Å². The second kappa shape index (κ2) is 6.44. The first-order valence-electron chi connectivity index (χ1n) is 4.46. The van der Waals surface area contributed by atoms with E-state index in [4.69, 9.17) is 10.4 Å². The summed E-state index contributed by atoms with van der Waals surface area (Å²) in [6.07, 6.45) is 1.31. The van der Waals surface area contributed by atoms with Gasteiger partial charge in [0.15, 0.2) is 0 Å². The van der Waals surface area contributed by atoms with Crippen molar-refractivity contribution >= 4 is 5.91 Å². The zero-order valence-electron chi connectivity index (χ0n) is 8.08. The molecule has 0 spiro atoms. The van der Waals surface area contributed by atoms with E-state index in [1.54, 1.807) is 6.92 Å². The smallest absolute Gasteiger partial charge is 0.237 e. The monoisotopic (exact) mass is 184 g/mol. The highest BCUT2D eigenvalue weighted by Gasteiger charge is 2.15. The van der Waals surface area contributed by atoms with Gasteiger partial charge in [-0.2, -0.15) is 5.26 Å². The Hall–Kier alpha value is -1.08. The molecule has 1 amide bonds. The van der Waals surface area contributed by atoms with Crippen LogP contribution in [0.1, 0.15) is 26.7 Å². The molecule has 0 rings (SSSR count). The Kier molecular flexibility index (Phi) is 5.90. The largest absolute Gasteiger partial charge is 0.396 e. The van der Waals surface area contributed by atoms with Crippen LogP contribution in [0.3, 0.4) is 0 Å². The van der Waals surface area contributed by atoms with E-state index in [1.807, 2.05) is 13.0 Å². The van der Waals surface area contributed by atoms with Crippen molar-refractivity contribution < 1.29 is 9.90 Å². The van der Waals surface area contributed by atoms with Gasteiger partial charge in [-0.15, -0.1) is 0 Å². The molecule has 4 heteroatoms. The van der Waals surface area contributed by atoms with Crippen LogP contribution in [-0.2, 0) is 4.79 Å². The Morgan fingerprint density at radius 2 is 2.31 bits per heavy atom. The van der Waals surface area contributed by atoms with Crippen LogP contribution >= 0.6 is 0 Å². The van der Waals surface area contributed by atoms with Crippen LogP contribution in [0.2, 0.25) is 0 Å². The third kappa shape index (κ3) is 4.48. The van der Waals surface area contributed by atoms with Gasteiger partial charge in [0.1, 0.15) is 5.92 Å². The van der Waals surface area contributed by atoms with Crippen molar-refractivity contribution in [1.82, 2.24) is 5.32 Å². The number of hydrogen-bond donors (Lipinski definition) is 2. The van der Waals surface area contributed by atoms with Gasteiger partial charge in [0.2, 0.25) is 5.91 Å². The molecule has 0 bridgehead atoms. The summed E-state index contributed by atoms with van der Waals surface area (Å²) in [7, 11) is 0. The molecule has 0 aromatic rings. The lowest BCUT2D eigenvalue weighted by atomic mass is 10.1. The molecule has 2 atom stereocenters. The summed E-state index contributed by atoms with van der Waals surface area (Å²) in [5.41, 5.74) is 0. The molecule has 0 aliphatic carbocycles. The van der Waals surface area contributed by atoms with Crippen LogP contribution in [0.5, 0.6) is 0 Å². The van der Waals surface area contributed by atoms with Crippen molar-refractivity contribution in [3.8, 4) is 6.07 Å². The normalized spacial score (nSPS) is 14.3. The lowest BCUT2D eigenvalue weighted by Gasteiger charge is -2.16. The van der Waals surface area contributed by atoms with Gasteiger partial charge in [0, 0.05) is 12.6 Å². The number of aliphatic hydroxyl groups is 1. The molecule has 4 nitrogen and oxygen atoms in total. The molecule has 74 valence electrons. The molecule has 0 aliphatic heterocycles. The summed E-state index contributed by atoms with van der Waals surface area (Å²) in [6.45, 7) is 3.54. The predicted octanol–water partition coefficient (Wildman–Crippen LogP) is 0.423. The van der Waals surface area contributed by atoms with E-state index >= 15 is 0 Å². The van der Waals surface area contributed by atoms with Crippen LogP contribution < -0.4 is 5.32 Å². The minimum atomic E-state index is -0.618. The van der Waals surface area contributed by atoms with Crippen LogP contribution in [0, 0.1) is 17.2 Å². The number of carbonyl (C=O) groups excluding carboxylic acids is 1. The van der Waals surface area contributed by atoms with E-state index in [0.29, 0.717) is 6.42 Å². The minimum absolute atomic E-state index is 0.0201. The van der Waals surface area contributed by atoms with Gasteiger partial charge < -0.3 is 10.4 Å². The van der Waals surface area contributed by atoms with Crippen molar-refractivity contribution in [2.24, 2.45) is 5.92 Å². The van der Waals surface area contributed by atoms with E-state index < -0.39 is 5.92 Å². The Balaban J connectivity index is 3.95. The molecule has 2 N–H and O–H groups in total. The Morgan fingerprint density at radius 3 is 2.69 bits per heavy atom. The lowest BCUT2D eigenvalue weighted by Crippen LogP contribution is -2.37. The quantitative estimate of drug-likeness (QED) is 0.650. The van der Waals surface area contributed by atoms with Crippen molar-refractivity contribution in [2.75, 3.05) is 6.61 Å². The SMILES string of the molecule is CCC(CCO)NC(=O)C(C)C#N. The lowest BCUT2D eigenvalue weighted by molar-refractivity contribution is -0.123. The molecule has 0 aromatic carbocycles. The average molecular weight is 184 g/mol. The van der Waals surface area contributed by atoms with Gasteiger partial charge in [-0.3, -0.25) is 4.79 Å². The molecule has 2 unspecified atom stereocenters. The van der Waals surface area contributed by atoms with E-state index in [0.717, 1.165) is 6.42 Å². The maximum atomic E-state index is 11.2. The third-order valence-electron chi connectivity index (χ3n) is 1.90. The van der Waals surface area contributed by atoms with Crippen molar-refractivity contribution in [3.63, 3.8) is 0 Å². The van der Waals surface area contributed by atoms with Gasteiger partial charge in [0.25, 0.3) is 0 Å². The number of nitrogens with one attached hydrogen (secondary N) is 1. The Bertz CT molecular complexity index is 198. The summed E-state index contributed by atoms with van der Waals surface area (Å²) in [6, 6.07) is 1.84. The number of rotatable bonds is 5. The highest BCUT2D eigenvalue weighted by molar-refractivity contribution is 5.80. The van der Waals surface area contributed by atoms with E-state index in [9.17, 15) is 4.79 Å². The standard InChI is InChI=1S/C9H16N2O2/c1-3-8(4-5-12)11-9(13)7(2)6-10/h7-8,12H,3-5H2,1-2H3,(H,11,13). The van der Waals surface area contributed by atoms with Crippen LogP contribution in [-0.4, -0.2) is 23.7 Å². The molecule has 0 aromatic heterocycles. The van der Waals surface area contributed by atoms with Gasteiger partial charge in [0.05, 0.1) is 6.07 Å². The second-order valence-corrected chi connectivity index (χ2v) is 2.98. The summed E-state index contributed by atoms with van der Waals surface area (Å²) in [4.78, 5) is 11.2. The molecule has 0 aliphatic rings. The average Bonchev–Trinajstić information content (AvgIpc) is 2.15. The number of nitrogens with zero attached hydrogens (tertiary/aromatic N) is 1. The molecule has 0 radical (unpaired) electrons. The first kappa shape index (κ1) is 11.9. The zero-order chi connectivity index (χ0) is 10.3. The van der Waals surface area contributed by atoms with Gasteiger partial charge in [-0.25, -0.2) is 0 Å². The number of carbonyl (C=O) groups is 1. The number of aliphatic hydroxyl groups excluding tert-OH is 1. The molecule has 0 heterocycles. The minimum Gasteiger partial charge on any atom is -0.396 e. The third-order valence-corrected chi connectivity index (χ3v) is 1.90. The van der Waals surface area contributed by atoms with Crippen LogP contribution in [0.4, 0.5) is 0 Å². The second-order valence-electron chi connectivity index (χ2n) is 2.98. The maximum absolute atomic E-state index is 11.2. The molecule has 0 saturated heterocycles. The first-order chi connectivity index (χ1) is 6.15. The fourth-order valence-electron chi connectivity index (χ4n) is 0.919. The Morgan fingerprint density at radius 1 is 1.69 bits per heavy atom. The first-order valence-corrected chi connectivity index (χ1v) is 4.46. The van der Waals surface area contributed by atoms with Gasteiger partial charge >= 0.3 is 0 Å². The van der Waals surface area contributed by atoms with Crippen LogP contribution in [0.15, 0.2) is 0 Å². The summed E-state index contributed by atoms with van der Waals surface area (Å²) < 4.78 is 0.